The molecule has 0 amide bonds. The van der Waals surface area contributed by atoms with Gasteiger partial charge in [-0.1, -0.05) is 0 Å². The number of anilines is 2. The van der Waals surface area contributed by atoms with Crippen LogP contribution in [0.1, 0.15) is 5.56 Å². The Balaban J connectivity index is 2.24. The highest BCUT2D eigenvalue weighted by Gasteiger charge is 1.98. The second-order valence-corrected chi connectivity index (χ2v) is 3.57. The number of nitrogens with zero attached hydrogens (tertiary/aromatic N) is 2. The van der Waals surface area contributed by atoms with Crippen LogP contribution in [0.15, 0.2) is 30.2 Å². The maximum absolute atomic E-state index is 4.05. The van der Waals surface area contributed by atoms with Gasteiger partial charge in [-0.15, -0.1) is 11.3 Å². The van der Waals surface area contributed by atoms with Gasteiger partial charge in [0.25, 0.3) is 0 Å². The molecule has 3 nitrogen and oxygen atoms in total. The standard InChI is InChI=1S/C9H9N3S/c1-7-2-3-10-4-8(7)12-9-5-11-6-13-9/h2-6,12H,1H3. The molecule has 0 aliphatic rings. The second kappa shape index (κ2) is 3.53. The fourth-order valence-electron chi connectivity index (χ4n) is 1.01. The smallest absolute Gasteiger partial charge is 0.113 e. The van der Waals surface area contributed by atoms with Gasteiger partial charge < -0.3 is 5.32 Å². The normalized spacial score (nSPS) is 9.92. The zero-order chi connectivity index (χ0) is 9.10. The van der Waals surface area contributed by atoms with Gasteiger partial charge in [-0.2, -0.15) is 0 Å². The van der Waals surface area contributed by atoms with E-state index in [0.29, 0.717) is 0 Å². The molecule has 0 unspecified atom stereocenters. The number of pyridine rings is 1. The van der Waals surface area contributed by atoms with Gasteiger partial charge in [0.2, 0.25) is 0 Å². The van der Waals surface area contributed by atoms with Crippen LogP contribution in [0.2, 0.25) is 0 Å². The first-order valence-electron chi connectivity index (χ1n) is 3.92. The van der Waals surface area contributed by atoms with E-state index in [1.165, 1.54) is 5.56 Å². The molecule has 0 radical (unpaired) electrons. The summed E-state index contributed by atoms with van der Waals surface area (Å²) in [5.74, 6) is 0. The van der Waals surface area contributed by atoms with Crippen molar-refractivity contribution in [2.45, 2.75) is 6.92 Å². The molecule has 0 fully saturated rings. The highest BCUT2D eigenvalue weighted by Crippen LogP contribution is 2.21. The number of thiazole rings is 1. The number of rotatable bonds is 2. The van der Waals surface area contributed by atoms with E-state index < -0.39 is 0 Å². The molecule has 0 atom stereocenters. The minimum Gasteiger partial charge on any atom is -0.344 e. The lowest BCUT2D eigenvalue weighted by atomic mass is 10.2. The topological polar surface area (TPSA) is 37.8 Å². The van der Waals surface area contributed by atoms with Crippen LogP contribution in [0.3, 0.4) is 0 Å². The minimum absolute atomic E-state index is 1.03. The zero-order valence-electron chi connectivity index (χ0n) is 7.19. The third-order valence-electron chi connectivity index (χ3n) is 1.73. The predicted octanol–water partition coefficient (Wildman–Crippen LogP) is 2.59. The fourth-order valence-corrected chi connectivity index (χ4v) is 1.53. The molecular weight excluding hydrogens is 182 g/mol. The van der Waals surface area contributed by atoms with E-state index in [9.17, 15) is 0 Å². The lowest BCUT2D eigenvalue weighted by molar-refractivity contribution is 1.28. The molecule has 0 saturated carbocycles. The Morgan fingerprint density at radius 2 is 2.23 bits per heavy atom. The molecule has 0 bridgehead atoms. The van der Waals surface area contributed by atoms with Crippen molar-refractivity contribution in [1.82, 2.24) is 9.97 Å². The van der Waals surface area contributed by atoms with Gasteiger partial charge in [0.05, 0.1) is 23.6 Å². The molecule has 13 heavy (non-hydrogen) atoms. The average molecular weight is 191 g/mol. The number of hydrogen-bond donors (Lipinski definition) is 1. The molecule has 1 N–H and O–H groups in total. The first-order chi connectivity index (χ1) is 6.36. The lowest BCUT2D eigenvalue weighted by Gasteiger charge is -2.04. The quantitative estimate of drug-likeness (QED) is 0.792. The Kier molecular flexibility index (Phi) is 2.23. The summed E-state index contributed by atoms with van der Waals surface area (Å²) < 4.78 is 0. The van der Waals surface area contributed by atoms with Crippen molar-refractivity contribution < 1.29 is 0 Å². The summed E-state index contributed by atoms with van der Waals surface area (Å²) in [7, 11) is 0. The zero-order valence-corrected chi connectivity index (χ0v) is 8.01. The Labute approximate surface area is 80.5 Å². The Bertz CT molecular complexity index is 384. The van der Waals surface area contributed by atoms with Crippen LogP contribution in [0.25, 0.3) is 0 Å². The number of nitrogens with one attached hydrogen (secondary N) is 1. The van der Waals surface area contributed by atoms with Crippen molar-refractivity contribution in [3.8, 4) is 0 Å². The van der Waals surface area contributed by atoms with Crippen molar-refractivity contribution in [2.24, 2.45) is 0 Å². The van der Waals surface area contributed by atoms with Crippen LogP contribution >= 0.6 is 11.3 Å². The molecule has 4 heteroatoms. The number of aromatic nitrogens is 2. The molecule has 0 aliphatic carbocycles. The summed E-state index contributed by atoms with van der Waals surface area (Å²) >= 11 is 1.58. The van der Waals surface area contributed by atoms with Crippen LogP contribution in [0, 0.1) is 6.92 Å². The fraction of sp³-hybridized carbons (Fsp3) is 0.111. The first kappa shape index (κ1) is 8.19. The number of hydrogen-bond acceptors (Lipinski definition) is 4. The third kappa shape index (κ3) is 1.84. The van der Waals surface area contributed by atoms with E-state index in [-0.39, 0.29) is 0 Å². The molecule has 0 saturated heterocycles. The molecule has 2 aromatic rings. The predicted molar refractivity (Wildman–Crippen MR) is 54.4 cm³/mol. The summed E-state index contributed by atoms with van der Waals surface area (Å²) in [5, 5.41) is 4.28. The van der Waals surface area contributed by atoms with Crippen molar-refractivity contribution in [3.05, 3.63) is 35.7 Å². The van der Waals surface area contributed by atoms with E-state index in [0.717, 1.165) is 10.7 Å². The van der Waals surface area contributed by atoms with Crippen molar-refractivity contribution in [3.63, 3.8) is 0 Å². The Hall–Kier alpha value is -1.42. The Morgan fingerprint density at radius 3 is 2.92 bits per heavy atom. The van der Waals surface area contributed by atoms with Crippen molar-refractivity contribution in [1.29, 1.82) is 0 Å². The highest BCUT2D eigenvalue weighted by molar-refractivity contribution is 7.13. The molecule has 0 aliphatic heterocycles. The van der Waals surface area contributed by atoms with E-state index in [1.807, 2.05) is 19.2 Å². The van der Waals surface area contributed by atoms with E-state index in [2.05, 4.69) is 15.3 Å². The van der Waals surface area contributed by atoms with Crippen molar-refractivity contribution >= 4 is 22.0 Å². The number of aryl methyl sites for hydroxylation is 1. The molecule has 2 rings (SSSR count). The van der Waals surface area contributed by atoms with Gasteiger partial charge in [-0.05, 0) is 18.6 Å². The Morgan fingerprint density at radius 1 is 1.31 bits per heavy atom. The van der Waals surface area contributed by atoms with Gasteiger partial charge in [-0.3, -0.25) is 9.97 Å². The average Bonchev–Trinajstić information content (AvgIpc) is 2.61. The van der Waals surface area contributed by atoms with E-state index >= 15 is 0 Å². The first-order valence-corrected chi connectivity index (χ1v) is 4.80. The van der Waals surface area contributed by atoms with Crippen LogP contribution in [-0.2, 0) is 0 Å². The van der Waals surface area contributed by atoms with Crippen LogP contribution in [0.5, 0.6) is 0 Å². The summed E-state index contributed by atoms with van der Waals surface area (Å²) in [6.45, 7) is 2.05. The monoisotopic (exact) mass is 191 g/mol. The minimum atomic E-state index is 1.03. The molecular formula is C9H9N3S. The summed E-state index contributed by atoms with van der Waals surface area (Å²) in [6.07, 6.45) is 5.40. The maximum atomic E-state index is 4.05. The van der Waals surface area contributed by atoms with Crippen LogP contribution in [0.4, 0.5) is 10.7 Å². The van der Waals surface area contributed by atoms with Gasteiger partial charge >= 0.3 is 0 Å². The summed E-state index contributed by atoms with van der Waals surface area (Å²) in [6, 6.07) is 1.98. The lowest BCUT2D eigenvalue weighted by Crippen LogP contribution is -1.91. The summed E-state index contributed by atoms with van der Waals surface area (Å²) in [5.41, 5.74) is 4.02. The second-order valence-electron chi connectivity index (χ2n) is 2.68. The largest absolute Gasteiger partial charge is 0.344 e. The maximum Gasteiger partial charge on any atom is 0.113 e. The highest BCUT2D eigenvalue weighted by atomic mass is 32.1. The molecule has 66 valence electrons. The van der Waals surface area contributed by atoms with Crippen molar-refractivity contribution in [2.75, 3.05) is 5.32 Å². The summed E-state index contributed by atoms with van der Waals surface area (Å²) in [4.78, 5) is 8.03. The van der Waals surface area contributed by atoms with Gasteiger partial charge in [0, 0.05) is 6.20 Å². The van der Waals surface area contributed by atoms with Gasteiger partial charge in [-0.25, -0.2) is 0 Å². The van der Waals surface area contributed by atoms with Gasteiger partial charge in [0.1, 0.15) is 5.00 Å². The molecule has 2 heterocycles. The molecule has 0 spiro atoms. The van der Waals surface area contributed by atoms with E-state index in [1.54, 1.807) is 29.2 Å². The SMILES string of the molecule is Cc1ccncc1Nc1cncs1. The molecule has 2 aromatic heterocycles. The van der Waals surface area contributed by atoms with Crippen LogP contribution in [-0.4, -0.2) is 9.97 Å². The molecule has 0 aromatic carbocycles. The van der Waals surface area contributed by atoms with E-state index in [4.69, 9.17) is 0 Å². The van der Waals surface area contributed by atoms with Gasteiger partial charge in [0.15, 0.2) is 0 Å². The van der Waals surface area contributed by atoms with Crippen LogP contribution < -0.4 is 5.32 Å². The third-order valence-corrected chi connectivity index (χ3v) is 2.42.